The van der Waals surface area contributed by atoms with Crippen molar-refractivity contribution in [1.82, 2.24) is 4.90 Å². The zero-order chi connectivity index (χ0) is 25.3. The fourth-order valence-corrected chi connectivity index (χ4v) is 2.25. The number of nitrogens with zero attached hydrogens (tertiary/aromatic N) is 1. The maximum absolute atomic E-state index is 11.0. The monoisotopic (exact) mass is 460 g/mol. The Morgan fingerprint density at radius 3 is 2.06 bits per heavy atom. The molecule has 11 heteroatoms. The number of hydrogen-bond donors (Lipinski definition) is 6. The van der Waals surface area contributed by atoms with E-state index in [4.69, 9.17) is 31.5 Å². The molecule has 1 fully saturated rings. The lowest BCUT2D eigenvalue weighted by Crippen LogP contribution is -2.34. The number of carbonyl (C=O) groups is 3. The summed E-state index contributed by atoms with van der Waals surface area (Å²) in [5.41, 5.74) is 15.5. The van der Waals surface area contributed by atoms with Crippen molar-refractivity contribution in [1.29, 1.82) is 0 Å². The van der Waals surface area contributed by atoms with E-state index in [1.807, 2.05) is 17.2 Å². The number of aliphatic carboxylic acids is 2. The van der Waals surface area contributed by atoms with E-state index in [2.05, 4.69) is 19.6 Å². The standard InChI is InChI=1S/C11H16N2O3.C5H11NO2.C3H8.C2H5NO2/c12-11(15)8-2-1-5-13(6-8)10-4-3-9(7-14)16-10;1-3(2)4(6)5(7)8;1-3-2;3-1-2(4)5/h1,5-6,9-10,14H,2-4,7H2,(H2,12,15);3-4H,6H2,1-2H3,(H,7,8);3H2,1-2H3;1,3H2,(H,4,5). The number of rotatable bonds is 6. The summed E-state index contributed by atoms with van der Waals surface area (Å²) >= 11 is 0. The van der Waals surface area contributed by atoms with Gasteiger partial charge >= 0.3 is 11.9 Å². The van der Waals surface area contributed by atoms with Crippen molar-refractivity contribution < 1.29 is 34.4 Å². The van der Waals surface area contributed by atoms with Crippen molar-refractivity contribution in [2.24, 2.45) is 23.1 Å². The number of ether oxygens (including phenoxy) is 1. The lowest BCUT2D eigenvalue weighted by atomic mass is 10.1. The van der Waals surface area contributed by atoms with Crippen LogP contribution >= 0.6 is 0 Å². The molecular formula is C21H40N4O7. The van der Waals surface area contributed by atoms with Gasteiger partial charge in [-0.3, -0.25) is 14.4 Å². The molecule has 2 aliphatic rings. The van der Waals surface area contributed by atoms with Crippen LogP contribution < -0.4 is 17.2 Å². The van der Waals surface area contributed by atoms with Gasteiger partial charge in [-0.2, -0.15) is 0 Å². The van der Waals surface area contributed by atoms with E-state index in [0.29, 0.717) is 12.0 Å². The number of carbonyl (C=O) groups excluding carboxylic acids is 1. The number of hydrogen-bond acceptors (Lipinski definition) is 8. The maximum atomic E-state index is 11.0. The number of allylic oxidation sites excluding steroid dienone is 1. The third-order valence-electron chi connectivity index (χ3n) is 4.04. The molecule has 2 rings (SSSR count). The van der Waals surface area contributed by atoms with Crippen LogP contribution in [0.15, 0.2) is 24.0 Å². The predicted octanol–water partition coefficient (Wildman–Crippen LogP) is 0.573. The summed E-state index contributed by atoms with van der Waals surface area (Å²) in [5, 5.41) is 24.8. The molecule has 2 aliphatic heterocycles. The first-order chi connectivity index (χ1) is 14.9. The first kappa shape index (κ1) is 31.7. The number of aliphatic hydroxyl groups excluding tert-OH is 1. The molecule has 0 aromatic rings. The minimum absolute atomic E-state index is 0.0208. The Hall–Kier alpha value is -2.47. The van der Waals surface area contributed by atoms with Gasteiger partial charge in [0.1, 0.15) is 12.3 Å². The Morgan fingerprint density at radius 1 is 1.22 bits per heavy atom. The van der Waals surface area contributed by atoms with Crippen LogP contribution in [0.4, 0.5) is 0 Å². The van der Waals surface area contributed by atoms with Crippen molar-refractivity contribution in [3.63, 3.8) is 0 Å². The normalized spacial score (nSPS) is 19.9. The van der Waals surface area contributed by atoms with Crippen LogP contribution in [-0.2, 0) is 19.1 Å². The molecule has 0 aromatic carbocycles. The fraction of sp³-hybridized carbons (Fsp3) is 0.667. The molecule has 0 aliphatic carbocycles. The van der Waals surface area contributed by atoms with Crippen LogP contribution in [0.1, 0.15) is 53.4 Å². The van der Waals surface area contributed by atoms with Gasteiger partial charge in [0.2, 0.25) is 5.91 Å². The maximum Gasteiger partial charge on any atom is 0.320 e. The van der Waals surface area contributed by atoms with E-state index in [9.17, 15) is 14.4 Å². The summed E-state index contributed by atoms with van der Waals surface area (Å²) in [6.45, 7) is 7.57. The van der Waals surface area contributed by atoms with Crippen molar-refractivity contribution in [2.75, 3.05) is 13.2 Å². The Labute approximate surface area is 189 Å². The van der Waals surface area contributed by atoms with Crippen LogP contribution in [0.25, 0.3) is 0 Å². The molecule has 11 nitrogen and oxygen atoms in total. The average molecular weight is 461 g/mol. The van der Waals surface area contributed by atoms with Crippen molar-refractivity contribution in [2.45, 2.75) is 71.8 Å². The summed E-state index contributed by atoms with van der Waals surface area (Å²) in [4.78, 5) is 32.2. The van der Waals surface area contributed by atoms with Crippen molar-refractivity contribution in [3.05, 3.63) is 24.0 Å². The molecule has 9 N–H and O–H groups in total. The Balaban J connectivity index is 0. The molecule has 1 saturated heterocycles. The first-order valence-corrected chi connectivity index (χ1v) is 10.6. The quantitative estimate of drug-likeness (QED) is 0.325. The number of amides is 1. The summed E-state index contributed by atoms with van der Waals surface area (Å²) in [6, 6.07) is -0.713. The Kier molecular flexibility index (Phi) is 18.0. The average Bonchev–Trinajstić information content (AvgIpc) is 3.24. The fourth-order valence-electron chi connectivity index (χ4n) is 2.25. The van der Waals surface area contributed by atoms with Gasteiger partial charge in [-0.05, 0) is 25.2 Å². The molecule has 186 valence electrons. The minimum atomic E-state index is -0.968. The lowest BCUT2D eigenvalue weighted by molar-refractivity contribution is -0.139. The van der Waals surface area contributed by atoms with Gasteiger partial charge < -0.3 is 42.2 Å². The van der Waals surface area contributed by atoms with Crippen LogP contribution in [0, 0.1) is 5.92 Å². The van der Waals surface area contributed by atoms with Gasteiger partial charge in [0.25, 0.3) is 0 Å². The summed E-state index contributed by atoms with van der Waals surface area (Å²) in [5.74, 6) is -2.27. The van der Waals surface area contributed by atoms with Gasteiger partial charge in [-0.1, -0.05) is 40.2 Å². The summed E-state index contributed by atoms with van der Waals surface area (Å²) < 4.78 is 5.61. The molecule has 0 aromatic heterocycles. The molecule has 32 heavy (non-hydrogen) atoms. The van der Waals surface area contributed by atoms with Crippen LogP contribution in [0.5, 0.6) is 0 Å². The van der Waals surface area contributed by atoms with Crippen molar-refractivity contribution >= 4 is 17.8 Å². The number of carboxylic acid groups (broad SMARTS) is 2. The minimum Gasteiger partial charge on any atom is -0.480 e. The van der Waals surface area contributed by atoms with Gasteiger partial charge in [-0.25, -0.2) is 0 Å². The second kappa shape index (κ2) is 18.1. The van der Waals surface area contributed by atoms with Crippen molar-refractivity contribution in [3.8, 4) is 0 Å². The highest BCUT2D eigenvalue weighted by Gasteiger charge is 2.28. The highest BCUT2D eigenvalue weighted by Crippen LogP contribution is 2.25. The second-order valence-corrected chi connectivity index (χ2v) is 7.44. The van der Waals surface area contributed by atoms with E-state index in [1.165, 1.54) is 6.42 Å². The highest BCUT2D eigenvalue weighted by molar-refractivity contribution is 5.92. The molecule has 0 radical (unpaired) electrons. The molecule has 0 spiro atoms. The smallest absolute Gasteiger partial charge is 0.320 e. The second-order valence-electron chi connectivity index (χ2n) is 7.44. The zero-order valence-corrected chi connectivity index (χ0v) is 19.4. The Bertz CT molecular complexity index is 623. The predicted molar refractivity (Wildman–Crippen MR) is 121 cm³/mol. The number of carboxylic acids is 2. The molecule has 0 saturated carbocycles. The Morgan fingerprint density at radius 2 is 1.75 bits per heavy atom. The third-order valence-corrected chi connectivity index (χ3v) is 4.04. The van der Waals surface area contributed by atoms with Gasteiger partial charge in [0.05, 0.1) is 19.3 Å². The largest absolute Gasteiger partial charge is 0.480 e. The van der Waals surface area contributed by atoms with Gasteiger partial charge in [0, 0.05) is 18.0 Å². The third kappa shape index (κ3) is 14.5. The van der Waals surface area contributed by atoms with Crippen LogP contribution in [0.2, 0.25) is 0 Å². The molecule has 0 bridgehead atoms. The molecular weight excluding hydrogens is 420 g/mol. The summed E-state index contributed by atoms with van der Waals surface area (Å²) in [7, 11) is 0. The molecule has 2 heterocycles. The highest BCUT2D eigenvalue weighted by atomic mass is 16.5. The first-order valence-electron chi connectivity index (χ1n) is 10.6. The molecule has 3 atom stereocenters. The summed E-state index contributed by atoms with van der Waals surface area (Å²) in [6.07, 6.45) is 8.82. The number of aliphatic hydroxyl groups is 1. The number of nitrogens with two attached hydrogens (primary N) is 3. The zero-order valence-electron chi connectivity index (χ0n) is 19.4. The van der Waals surface area contributed by atoms with E-state index in [0.717, 1.165) is 12.8 Å². The lowest BCUT2D eigenvalue weighted by Gasteiger charge is -2.26. The van der Waals surface area contributed by atoms with E-state index >= 15 is 0 Å². The van der Waals surface area contributed by atoms with Gasteiger partial charge in [0.15, 0.2) is 0 Å². The van der Waals surface area contributed by atoms with E-state index < -0.39 is 23.9 Å². The SMILES string of the molecule is CC(C)C(N)C(=O)O.CCC.NC(=O)C1=CN(C2CCC(CO)O2)C=CC1.NCC(=O)O. The van der Waals surface area contributed by atoms with Crippen LogP contribution in [0.3, 0.4) is 0 Å². The number of primary amides is 1. The van der Waals surface area contributed by atoms with E-state index in [1.54, 1.807) is 20.0 Å². The molecule has 1 amide bonds. The topological polar surface area (TPSA) is 202 Å². The van der Waals surface area contributed by atoms with E-state index in [-0.39, 0.29) is 31.4 Å². The van der Waals surface area contributed by atoms with Gasteiger partial charge in [-0.15, -0.1) is 0 Å². The van der Waals surface area contributed by atoms with Crippen LogP contribution in [-0.4, -0.2) is 69.6 Å². The molecule has 3 unspecified atom stereocenters.